The molecule has 1 aromatic rings. The van der Waals surface area contributed by atoms with Crippen molar-refractivity contribution in [1.29, 1.82) is 0 Å². The first-order chi connectivity index (χ1) is 6.15. The SMILES string of the molecule is Cc1cc(C)c2c(c1C=O)CC2O. The van der Waals surface area contributed by atoms with E-state index in [1.165, 1.54) is 0 Å². The van der Waals surface area contributed by atoms with Crippen LogP contribution in [0.5, 0.6) is 0 Å². The second-order valence-corrected chi connectivity index (χ2v) is 3.65. The van der Waals surface area contributed by atoms with Crippen LogP contribution in [-0.4, -0.2) is 11.4 Å². The van der Waals surface area contributed by atoms with Crippen LogP contribution in [0, 0.1) is 13.8 Å². The first kappa shape index (κ1) is 8.45. The van der Waals surface area contributed by atoms with Crippen LogP contribution in [0.15, 0.2) is 6.07 Å². The molecule has 0 saturated carbocycles. The first-order valence-corrected chi connectivity index (χ1v) is 4.41. The van der Waals surface area contributed by atoms with Crippen molar-refractivity contribution in [2.75, 3.05) is 0 Å². The Kier molecular flexibility index (Phi) is 1.74. The van der Waals surface area contributed by atoms with E-state index in [0.29, 0.717) is 6.42 Å². The zero-order valence-corrected chi connectivity index (χ0v) is 7.79. The lowest BCUT2D eigenvalue weighted by atomic mass is 9.78. The Hall–Kier alpha value is -1.15. The number of aliphatic hydroxyl groups excluding tert-OH is 1. The average Bonchev–Trinajstić information content (AvgIpc) is 2.01. The highest BCUT2D eigenvalue weighted by atomic mass is 16.3. The van der Waals surface area contributed by atoms with Crippen molar-refractivity contribution in [1.82, 2.24) is 0 Å². The van der Waals surface area contributed by atoms with Gasteiger partial charge in [0.25, 0.3) is 0 Å². The highest BCUT2D eigenvalue weighted by molar-refractivity contribution is 5.82. The maximum atomic E-state index is 10.8. The van der Waals surface area contributed by atoms with Gasteiger partial charge < -0.3 is 5.11 Å². The minimum absolute atomic E-state index is 0.353. The number of aryl methyl sites for hydroxylation is 2. The third kappa shape index (κ3) is 1.02. The molecule has 0 aromatic heterocycles. The molecule has 1 aliphatic rings. The standard InChI is InChI=1S/C11H12O2/c1-6-3-7(2)11-8(4-10(11)13)9(6)5-12/h3,5,10,13H,4H2,1-2H3. The summed E-state index contributed by atoms with van der Waals surface area (Å²) in [6, 6.07) is 1.96. The Morgan fingerprint density at radius 2 is 2.15 bits per heavy atom. The molecule has 2 rings (SSSR count). The third-order valence-corrected chi connectivity index (χ3v) is 2.78. The van der Waals surface area contributed by atoms with Gasteiger partial charge in [0.05, 0.1) is 6.10 Å². The number of hydrogen-bond acceptors (Lipinski definition) is 2. The molecule has 1 N–H and O–H groups in total. The maximum absolute atomic E-state index is 10.8. The van der Waals surface area contributed by atoms with Crippen LogP contribution in [0.25, 0.3) is 0 Å². The van der Waals surface area contributed by atoms with Gasteiger partial charge in [0, 0.05) is 12.0 Å². The second-order valence-electron chi connectivity index (χ2n) is 3.65. The van der Waals surface area contributed by atoms with Crippen molar-refractivity contribution in [3.63, 3.8) is 0 Å². The molecule has 68 valence electrons. The monoisotopic (exact) mass is 176 g/mol. The Balaban J connectivity index is 2.69. The predicted molar refractivity (Wildman–Crippen MR) is 50.0 cm³/mol. The number of aliphatic hydroxyl groups is 1. The number of fused-ring (bicyclic) bond motifs is 1. The largest absolute Gasteiger partial charge is 0.388 e. The molecule has 1 atom stereocenters. The van der Waals surface area contributed by atoms with Gasteiger partial charge in [-0.3, -0.25) is 4.79 Å². The molecule has 2 nitrogen and oxygen atoms in total. The summed E-state index contributed by atoms with van der Waals surface area (Å²) in [5.74, 6) is 0. The van der Waals surface area contributed by atoms with Crippen molar-refractivity contribution >= 4 is 6.29 Å². The molecule has 0 fully saturated rings. The predicted octanol–water partition coefficient (Wildman–Crippen LogP) is 1.71. The molecule has 1 aliphatic carbocycles. The number of benzene rings is 1. The van der Waals surface area contributed by atoms with Crippen molar-refractivity contribution in [3.05, 3.63) is 33.9 Å². The van der Waals surface area contributed by atoms with Crippen LogP contribution in [0.4, 0.5) is 0 Å². The number of carbonyl (C=O) groups is 1. The van der Waals surface area contributed by atoms with E-state index in [2.05, 4.69) is 0 Å². The molecule has 0 amide bonds. The lowest BCUT2D eigenvalue weighted by Crippen LogP contribution is -2.21. The maximum Gasteiger partial charge on any atom is 0.150 e. The Labute approximate surface area is 77.2 Å². The average molecular weight is 176 g/mol. The van der Waals surface area contributed by atoms with Gasteiger partial charge in [0.15, 0.2) is 6.29 Å². The molecular formula is C11H12O2. The molecule has 1 aromatic carbocycles. The normalized spacial score (nSPS) is 19.2. The molecule has 0 heterocycles. The fourth-order valence-electron chi connectivity index (χ4n) is 2.11. The summed E-state index contributed by atoms with van der Waals surface area (Å²) in [6.45, 7) is 3.91. The fourth-order valence-corrected chi connectivity index (χ4v) is 2.11. The van der Waals surface area contributed by atoms with Gasteiger partial charge >= 0.3 is 0 Å². The van der Waals surface area contributed by atoms with Crippen molar-refractivity contribution in [2.24, 2.45) is 0 Å². The molecule has 0 aliphatic heterocycles. The molecule has 2 heteroatoms. The van der Waals surface area contributed by atoms with Gasteiger partial charge in [-0.2, -0.15) is 0 Å². The van der Waals surface area contributed by atoms with Crippen molar-refractivity contribution < 1.29 is 9.90 Å². The van der Waals surface area contributed by atoms with Crippen LogP contribution in [0.3, 0.4) is 0 Å². The van der Waals surface area contributed by atoms with E-state index in [9.17, 15) is 9.90 Å². The van der Waals surface area contributed by atoms with Crippen LogP contribution in [0.2, 0.25) is 0 Å². The van der Waals surface area contributed by atoms with Crippen LogP contribution < -0.4 is 0 Å². The zero-order valence-electron chi connectivity index (χ0n) is 7.79. The van der Waals surface area contributed by atoms with Crippen molar-refractivity contribution in [3.8, 4) is 0 Å². The van der Waals surface area contributed by atoms with Gasteiger partial charge in [-0.15, -0.1) is 0 Å². The van der Waals surface area contributed by atoms with Gasteiger partial charge in [-0.25, -0.2) is 0 Å². The topological polar surface area (TPSA) is 37.3 Å². The molecule has 0 saturated heterocycles. The van der Waals surface area contributed by atoms with Crippen molar-refractivity contribution in [2.45, 2.75) is 26.4 Å². The quantitative estimate of drug-likeness (QED) is 0.661. The lowest BCUT2D eigenvalue weighted by Gasteiger charge is -2.30. The minimum Gasteiger partial charge on any atom is -0.388 e. The van der Waals surface area contributed by atoms with Gasteiger partial charge in [0.1, 0.15) is 0 Å². The van der Waals surface area contributed by atoms with E-state index in [-0.39, 0.29) is 6.10 Å². The molecule has 0 spiro atoms. The van der Waals surface area contributed by atoms with E-state index in [1.807, 2.05) is 19.9 Å². The minimum atomic E-state index is -0.353. The summed E-state index contributed by atoms with van der Waals surface area (Å²) in [5.41, 5.74) is 4.88. The third-order valence-electron chi connectivity index (χ3n) is 2.78. The van der Waals surface area contributed by atoms with E-state index >= 15 is 0 Å². The molecule has 1 unspecified atom stereocenters. The molecule has 13 heavy (non-hydrogen) atoms. The van der Waals surface area contributed by atoms with E-state index in [1.54, 1.807) is 0 Å². The smallest absolute Gasteiger partial charge is 0.150 e. The van der Waals surface area contributed by atoms with Crippen LogP contribution >= 0.6 is 0 Å². The number of aldehydes is 1. The summed E-state index contributed by atoms with van der Waals surface area (Å²) < 4.78 is 0. The Morgan fingerprint density at radius 3 is 2.69 bits per heavy atom. The highest BCUT2D eigenvalue weighted by Crippen LogP contribution is 2.38. The molecular weight excluding hydrogens is 164 g/mol. The second kappa shape index (κ2) is 2.67. The van der Waals surface area contributed by atoms with Gasteiger partial charge in [-0.05, 0) is 36.1 Å². The highest BCUT2D eigenvalue weighted by Gasteiger charge is 2.29. The van der Waals surface area contributed by atoms with Gasteiger partial charge in [-0.1, -0.05) is 6.07 Å². The summed E-state index contributed by atoms with van der Waals surface area (Å²) in [4.78, 5) is 10.8. The lowest BCUT2D eigenvalue weighted by molar-refractivity contribution is 0.111. The van der Waals surface area contributed by atoms with E-state index in [0.717, 1.165) is 34.1 Å². The molecule has 0 radical (unpaired) electrons. The van der Waals surface area contributed by atoms with Crippen LogP contribution in [-0.2, 0) is 6.42 Å². The van der Waals surface area contributed by atoms with E-state index in [4.69, 9.17) is 0 Å². The number of hydrogen-bond donors (Lipinski definition) is 1. The van der Waals surface area contributed by atoms with Gasteiger partial charge in [0.2, 0.25) is 0 Å². The first-order valence-electron chi connectivity index (χ1n) is 4.41. The van der Waals surface area contributed by atoms with E-state index < -0.39 is 0 Å². The fraction of sp³-hybridized carbons (Fsp3) is 0.364. The summed E-state index contributed by atoms with van der Waals surface area (Å²) in [5, 5.41) is 9.48. The zero-order chi connectivity index (χ0) is 9.59. The Morgan fingerprint density at radius 1 is 1.46 bits per heavy atom. The van der Waals surface area contributed by atoms with Crippen LogP contribution in [0.1, 0.15) is 38.7 Å². The Bertz CT molecular complexity index is 380. The summed E-state index contributed by atoms with van der Waals surface area (Å²) in [7, 11) is 0. The number of rotatable bonds is 1. The molecule has 0 bridgehead atoms. The summed E-state index contributed by atoms with van der Waals surface area (Å²) >= 11 is 0. The summed E-state index contributed by atoms with van der Waals surface area (Å²) in [6.07, 6.45) is 1.17. The number of carbonyl (C=O) groups excluding carboxylic acids is 1.